The number of carbonyl (C=O) groups is 2. The number of carbonyl (C=O) groups excluding carboxylic acids is 2. The van der Waals surface area contributed by atoms with Gasteiger partial charge < -0.3 is 10.6 Å². The molecule has 0 aliphatic heterocycles. The van der Waals surface area contributed by atoms with Crippen LogP contribution in [0.2, 0.25) is 0 Å². The molecule has 0 saturated heterocycles. The van der Waals surface area contributed by atoms with Gasteiger partial charge in [-0.1, -0.05) is 15.9 Å². The van der Waals surface area contributed by atoms with Crippen molar-refractivity contribution in [1.82, 2.24) is 10.6 Å². The zero-order chi connectivity index (χ0) is 14.3. The van der Waals surface area contributed by atoms with Crippen molar-refractivity contribution in [2.24, 2.45) is 0 Å². The summed E-state index contributed by atoms with van der Waals surface area (Å²) in [5, 5.41) is 5.38. The Bertz CT molecular complexity index is 446. The topological polar surface area (TPSA) is 58.2 Å². The Morgan fingerprint density at radius 2 is 1.79 bits per heavy atom. The molecule has 0 aromatic heterocycles. The third kappa shape index (κ3) is 6.33. The first kappa shape index (κ1) is 15.6. The van der Waals surface area contributed by atoms with Crippen LogP contribution in [0.3, 0.4) is 0 Å². The van der Waals surface area contributed by atoms with Gasteiger partial charge in [0.15, 0.2) is 0 Å². The van der Waals surface area contributed by atoms with Gasteiger partial charge in [0.2, 0.25) is 5.91 Å². The molecular weight excluding hydrogens is 315 g/mol. The fourth-order valence-electron chi connectivity index (χ4n) is 1.50. The van der Waals surface area contributed by atoms with E-state index in [-0.39, 0.29) is 17.4 Å². The van der Waals surface area contributed by atoms with Gasteiger partial charge in [-0.2, -0.15) is 0 Å². The van der Waals surface area contributed by atoms with Crippen molar-refractivity contribution in [3.05, 3.63) is 34.1 Å². The Kier molecular flexibility index (Phi) is 6.49. The lowest BCUT2D eigenvalue weighted by Crippen LogP contribution is -2.26. The minimum Gasteiger partial charge on any atom is -0.356 e. The molecule has 1 rings (SSSR count). The van der Waals surface area contributed by atoms with Gasteiger partial charge >= 0.3 is 0 Å². The van der Waals surface area contributed by atoms with E-state index in [1.165, 1.54) is 19.1 Å². The SMILES string of the molecule is CC(=O)NCCCCNC(=O)c1cc(F)cc(Br)c1. The zero-order valence-corrected chi connectivity index (χ0v) is 12.2. The summed E-state index contributed by atoms with van der Waals surface area (Å²) < 4.78 is 13.6. The van der Waals surface area contributed by atoms with E-state index in [0.717, 1.165) is 12.8 Å². The molecule has 0 aliphatic rings. The van der Waals surface area contributed by atoms with Crippen LogP contribution in [0.4, 0.5) is 4.39 Å². The number of hydrogen-bond acceptors (Lipinski definition) is 2. The number of nitrogens with one attached hydrogen (secondary N) is 2. The molecular formula is C13H16BrFN2O2. The number of hydrogen-bond donors (Lipinski definition) is 2. The summed E-state index contributed by atoms with van der Waals surface area (Å²) in [5.41, 5.74) is 0.286. The number of rotatable bonds is 6. The van der Waals surface area contributed by atoms with Crippen molar-refractivity contribution >= 4 is 27.7 Å². The van der Waals surface area contributed by atoms with Crippen LogP contribution in [0.15, 0.2) is 22.7 Å². The summed E-state index contributed by atoms with van der Waals surface area (Å²) in [6, 6.07) is 4.05. The van der Waals surface area contributed by atoms with Crippen molar-refractivity contribution in [3.63, 3.8) is 0 Å². The summed E-state index contributed by atoms with van der Waals surface area (Å²) in [5.74, 6) is -0.821. The maximum Gasteiger partial charge on any atom is 0.251 e. The molecule has 2 amide bonds. The maximum atomic E-state index is 13.1. The molecule has 0 atom stereocenters. The first-order valence-corrected chi connectivity index (χ1v) is 6.77. The summed E-state index contributed by atoms with van der Waals surface area (Å²) in [4.78, 5) is 22.3. The van der Waals surface area contributed by atoms with Crippen molar-refractivity contribution in [2.75, 3.05) is 13.1 Å². The van der Waals surface area contributed by atoms with Gasteiger partial charge in [-0.3, -0.25) is 9.59 Å². The van der Waals surface area contributed by atoms with Crippen LogP contribution in [0.5, 0.6) is 0 Å². The van der Waals surface area contributed by atoms with Gasteiger partial charge in [0.1, 0.15) is 5.82 Å². The molecule has 0 heterocycles. The Morgan fingerprint density at radius 3 is 2.37 bits per heavy atom. The van der Waals surface area contributed by atoms with E-state index >= 15 is 0 Å². The molecule has 0 aliphatic carbocycles. The Morgan fingerprint density at radius 1 is 1.16 bits per heavy atom. The summed E-state index contributed by atoms with van der Waals surface area (Å²) in [7, 11) is 0. The molecule has 6 heteroatoms. The lowest BCUT2D eigenvalue weighted by molar-refractivity contribution is -0.118. The Balaban J connectivity index is 2.29. The second-order valence-corrected chi connectivity index (χ2v) is 5.02. The molecule has 1 aromatic rings. The number of unbranched alkanes of at least 4 members (excludes halogenated alkanes) is 1. The zero-order valence-electron chi connectivity index (χ0n) is 10.6. The third-order valence-corrected chi connectivity index (χ3v) is 2.85. The predicted octanol–water partition coefficient (Wildman–Crippen LogP) is 2.23. The van der Waals surface area contributed by atoms with Crippen LogP contribution in [0.1, 0.15) is 30.1 Å². The standard InChI is InChI=1S/C13H16BrFN2O2/c1-9(18)16-4-2-3-5-17-13(19)10-6-11(14)8-12(15)7-10/h6-8H,2-5H2,1H3,(H,16,18)(H,17,19). The first-order valence-electron chi connectivity index (χ1n) is 5.98. The van der Waals surface area contributed by atoms with E-state index in [2.05, 4.69) is 26.6 Å². The van der Waals surface area contributed by atoms with Crippen LogP contribution < -0.4 is 10.6 Å². The van der Waals surface area contributed by atoms with Crippen LogP contribution in [0, 0.1) is 5.82 Å². The summed E-state index contributed by atoms with van der Waals surface area (Å²) in [6.45, 7) is 2.55. The van der Waals surface area contributed by atoms with Gasteiger partial charge in [0.05, 0.1) is 0 Å². The van der Waals surface area contributed by atoms with Crippen molar-refractivity contribution in [3.8, 4) is 0 Å². The average Bonchev–Trinajstić information content (AvgIpc) is 2.31. The largest absolute Gasteiger partial charge is 0.356 e. The van der Waals surface area contributed by atoms with Gasteiger partial charge in [0, 0.05) is 30.0 Å². The van der Waals surface area contributed by atoms with Crippen LogP contribution >= 0.6 is 15.9 Å². The average molecular weight is 331 g/mol. The van der Waals surface area contributed by atoms with Crippen LogP contribution in [0.25, 0.3) is 0 Å². The van der Waals surface area contributed by atoms with E-state index in [9.17, 15) is 14.0 Å². The molecule has 0 radical (unpaired) electrons. The fraction of sp³-hybridized carbons (Fsp3) is 0.385. The lowest BCUT2D eigenvalue weighted by atomic mass is 10.2. The number of halogens is 2. The minimum atomic E-state index is -0.454. The van der Waals surface area contributed by atoms with Crippen LogP contribution in [-0.4, -0.2) is 24.9 Å². The second-order valence-electron chi connectivity index (χ2n) is 4.10. The maximum absolute atomic E-state index is 13.1. The normalized spacial score (nSPS) is 10.1. The van der Waals surface area contributed by atoms with Crippen LogP contribution in [-0.2, 0) is 4.79 Å². The Labute approximate surface area is 119 Å². The van der Waals surface area contributed by atoms with E-state index in [1.54, 1.807) is 6.07 Å². The first-order chi connectivity index (χ1) is 8.99. The highest BCUT2D eigenvalue weighted by atomic mass is 79.9. The van der Waals surface area contributed by atoms with Crippen molar-refractivity contribution < 1.29 is 14.0 Å². The van der Waals surface area contributed by atoms with Crippen molar-refractivity contribution in [1.29, 1.82) is 0 Å². The highest BCUT2D eigenvalue weighted by Crippen LogP contribution is 2.14. The molecule has 104 valence electrons. The smallest absolute Gasteiger partial charge is 0.251 e. The Hall–Kier alpha value is -1.43. The van der Waals surface area contributed by atoms with Crippen molar-refractivity contribution in [2.45, 2.75) is 19.8 Å². The highest BCUT2D eigenvalue weighted by Gasteiger charge is 2.07. The molecule has 19 heavy (non-hydrogen) atoms. The number of benzene rings is 1. The van der Waals surface area contributed by atoms with Gasteiger partial charge in [-0.25, -0.2) is 4.39 Å². The number of amides is 2. The van der Waals surface area contributed by atoms with E-state index in [0.29, 0.717) is 17.6 Å². The third-order valence-electron chi connectivity index (χ3n) is 2.39. The minimum absolute atomic E-state index is 0.0614. The molecule has 2 N–H and O–H groups in total. The van der Waals surface area contributed by atoms with E-state index in [4.69, 9.17) is 0 Å². The molecule has 0 saturated carbocycles. The lowest BCUT2D eigenvalue weighted by Gasteiger charge is -2.06. The van der Waals surface area contributed by atoms with Gasteiger partial charge in [-0.15, -0.1) is 0 Å². The summed E-state index contributed by atoms with van der Waals surface area (Å²) >= 11 is 3.14. The van der Waals surface area contributed by atoms with Gasteiger partial charge in [-0.05, 0) is 31.0 Å². The molecule has 0 fully saturated rings. The molecule has 0 spiro atoms. The molecule has 0 bridgehead atoms. The van der Waals surface area contributed by atoms with E-state index in [1.807, 2.05) is 0 Å². The highest BCUT2D eigenvalue weighted by molar-refractivity contribution is 9.10. The van der Waals surface area contributed by atoms with E-state index < -0.39 is 5.82 Å². The molecule has 0 unspecified atom stereocenters. The predicted molar refractivity (Wildman–Crippen MR) is 74.4 cm³/mol. The second kappa shape index (κ2) is 7.89. The molecule has 1 aromatic carbocycles. The quantitative estimate of drug-likeness (QED) is 0.786. The molecule has 4 nitrogen and oxygen atoms in total. The summed E-state index contributed by atoms with van der Waals surface area (Å²) in [6.07, 6.45) is 1.54. The van der Waals surface area contributed by atoms with Gasteiger partial charge in [0.25, 0.3) is 5.91 Å². The monoisotopic (exact) mass is 330 g/mol. The fourth-order valence-corrected chi connectivity index (χ4v) is 1.97.